The second-order valence-corrected chi connectivity index (χ2v) is 7.26. The van der Waals surface area contributed by atoms with Crippen molar-refractivity contribution in [1.29, 1.82) is 0 Å². The third-order valence-corrected chi connectivity index (χ3v) is 5.06. The first-order valence-corrected chi connectivity index (χ1v) is 9.61. The van der Waals surface area contributed by atoms with Gasteiger partial charge >= 0.3 is 11.9 Å². The lowest BCUT2D eigenvalue weighted by molar-refractivity contribution is -0.146. The van der Waals surface area contributed by atoms with Crippen molar-refractivity contribution in [2.45, 2.75) is 44.8 Å². The molecule has 1 saturated carbocycles. The molecule has 3 rings (SSSR count). The van der Waals surface area contributed by atoms with Crippen LogP contribution in [0.2, 0.25) is 5.28 Å². The number of anilines is 1. The Morgan fingerprint density at radius 1 is 1.18 bits per heavy atom. The Morgan fingerprint density at radius 2 is 1.89 bits per heavy atom. The standard InChI is InChI=1S/C20H22ClN3O4/c21-20-22-11-16(19(26)27)18(24-20)23-15-8-6-13(7-9-15)10-17(25)28-12-14-4-2-1-3-5-14/h1-5,11,13,15H,6-10,12H2,(H,26,27)(H,22,23,24). The molecular weight excluding hydrogens is 382 g/mol. The summed E-state index contributed by atoms with van der Waals surface area (Å²) in [4.78, 5) is 31.1. The van der Waals surface area contributed by atoms with Crippen molar-refractivity contribution in [2.24, 2.45) is 5.92 Å². The minimum atomic E-state index is -1.10. The molecule has 2 aromatic rings. The number of carbonyl (C=O) groups is 2. The van der Waals surface area contributed by atoms with Crippen molar-refractivity contribution in [2.75, 3.05) is 5.32 Å². The van der Waals surface area contributed by atoms with Crippen LogP contribution in [0.3, 0.4) is 0 Å². The zero-order chi connectivity index (χ0) is 19.9. The monoisotopic (exact) mass is 403 g/mol. The van der Waals surface area contributed by atoms with Crippen LogP contribution in [-0.4, -0.2) is 33.1 Å². The van der Waals surface area contributed by atoms with Crippen molar-refractivity contribution in [3.05, 3.63) is 52.9 Å². The maximum atomic E-state index is 12.1. The predicted molar refractivity (Wildman–Crippen MR) is 104 cm³/mol. The molecule has 0 unspecified atom stereocenters. The molecule has 28 heavy (non-hydrogen) atoms. The number of ether oxygens (including phenoxy) is 1. The fourth-order valence-electron chi connectivity index (χ4n) is 3.36. The number of aromatic nitrogens is 2. The van der Waals surface area contributed by atoms with Gasteiger partial charge in [0.2, 0.25) is 5.28 Å². The lowest BCUT2D eigenvalue weighted by Gasteiger charge is -2.29. The molecule has 1 heterocycles. The van der Waals surface area contributed by atoms with Crippen LogP contribution in [0.5, 0.6) is 0 Å². The van der Waals surface area contributed by atoms with Crippen molar-refractivity contribution in [1.82, 2.24) is 9.97 Å². The van der Waals surface area contributed by atoms with E-state index in [1.165, 1.54) is 6.20 Å². The van der Waals surface area contributed by atoms with Crippen molar-refractivity contribution < 1.29 is 19.4 Å². The minimum Gasteiger partial charge on any atom is -0.477 e. The van der Waals surface area contributed by atoms with Gasteiger partial charge in [-0.2, -0.15) is 4.98 Å². The molecule has 0 radical (unpaired) electrons. The van der Waals surface area contributed by atoms with Gasteiger partial charge in [-0.05, 0) is 48.8 Å². The summed E-state index contributed by atoms with van der Waals surface area (Å²) >= 11 is 5.79. The second-order valence-electron chi connectivity index (χ2n) is 6.92. The average molecular weight is 404 g/mol. The first kappa shape index (κ1) is 20.1. The van der Waals surface area contributed by atoms with Crippen LogP contribution in [0.25, 0.3) is 0 Å². The number of aromatic carboxylic acids is 1. The van der Waals surface area contributed by atoms with Gasteiger partial charge in [-0.25, -0.2) is 9.78 Å². The Kier molecular flexibility index (Phi) is 6.81. The van der Waals surface area contributed by atoms with Gasteiger partial charge in [-0.15, -0.1) is 0 Å². The van der Waals surface area contributed by atoms with E-state index in [1.807, 2.05) is 30.3 Å². The van der Waals surface area contributed by atoms with Crippen LogP contribution in [0, 0.1) is 5.92 Å². The number of esters is 1. The number of hydrogen-bond acceptors (Lipinski definition) is 6. The van der Waals surface area contributed by atoms with E-state index in [0.717, 1.165) is 31.2 Å². The summed E-state index contributed by atoms with van der Waals surface area (Å²) in [5.41, 5.74) is 0.970. The smallest absolute Gasteiger partial charge is 0.341 e. The van der Waals surface area contributed by atoms with Gasteiger partial charge in [0.1, 0.15) is 18.0 Å². The highest BCUT2D eigenvalue weighted by Crippen LogP contribution is 2.29. The molecule has 0 bridgehead atoms. The topological polar surface area (TPSA) is 101 Å². The van der Waals surface area contributed by atoms with Crippen molar-refractivity contribution in [3.63, 3.8) is 0 Å². The molecule has 0 atom stereocenters. The Balaban J connectivity index is 1.45. The van der Waals surface area contributed by atoms with Crippen LogP contribution in [0.15, 0.2) is 36.5 Å². The molecule has 148 valence electrons. The van der Waals surface area contributed by atoms with Crippen LogP contribution < -0.4 is 5.32 Å². The van der Waals surface area contributed by atoms with Gasteiger partial charge < -0.3 is 15.2 Å². The first-order chi connectivity index (χ1) is 13.5. The van der Waals surface area contributed by atoms with Crippen LogP contribution in [0.4, 0.5) is 5.82 Å². The summed E-state index contributed by atoms with van der Waals surface area (Å²) in [5, 5.41) is 12.4. The summed E-state index contributed by atoms with van der Waals surface area (Å²) in [5.74, 6) is -0.780. The molecule has 2 N–H and O–H groups in total. The zero-order valence-corrected chi connectivity index (χ0v) is 16.1. The number of hydrogen-bond donors (Lipinski definition) is 2. The van der Waals surface area contributed by atoms with E-state index in [0.29, 0.717) is 13.0 Å². The number of carboxylic acids is 1. The molecule has 7 nitrogen and oxygen atoms in total. The third kappa shape index (κ3) is 5.66. The largest absolute Gasteiger partial charge is 0.477 e. The molecular formula is C20H22ClN3O4. The van der Waals surface area contributed by atoms with Crippen LogP contribution >= 0.6 is 11.6 Å². The molecule has 1 aromatic heterocycles. The van der Waals surface area contributed by atoms with E-state index >= 15 is 0 Å². The van der Waals surface area contributed by atoms with Gasteiger partial charge in [-0.1, -0.05) is 30.3 Å². The maximum Gasteiger partial charge on any atom is 0.341 e. The summed E-state index contributed by atoms with van der Waals surface area (Å²) in [6, 6.07) is 9.69. The van der Waals surface area contributed by atoms with Crippen molar-refractivity contribution >= 4 is 29.4 Å². The molecule has 1 aliphatic carbocycles. The Labute approximate surface area is 168 Å². The number of carbonyl (C=O) groups excluding carboxylic acids is 1. The Morgan fingerprint density at radius 3 is 2.57 bits per heavy atom. The van der Waals surface area contributed by atoms with Gasteiger partial charge in [0.05, 0.1) is 0 Å². The van der Waals surface area contributed by atoms with E-state index in [4.69, 9.17) is 16.3 Å². The number of benzene rings is 1. The van der Waals surface area contributed by atoms with Crippen LogP contribution in [-0.2, 0) is 16.1 Å². The summed E-state index contributed by atoms with van der Waals surface area (Å²) in [6.07, 6.45) is 4.96. The number of nitrogens with zero attached hydrogens (tertiary/aromatic N) is 2. The number of rotatable bonds is 7. The van der Waals surface area contributed by atoms with E-state index in [-0.39, 0.29) is 34.6 Å². The first-order valence-electron chi connectivity index (χ1n) is 9.23. The fraction of sp³-hybridized carbons (Fsp3) is 0.400. The van der Waals surface area contributed by atoms with Crippen LogP contribution in [0.1, 0.15) is 48.0 Å². The number of carboxylic acid groups (broad SMARTS) is 1. The number of halogens is 1. The Bertz CT molecular complexity index is 823. The van der Waals surface area contributed by atoms with E-state index < -0.39 is 5.97 Å². The number of nitrogens with one attached hydrogen (secondary N) is 1. The second kappa shape index (κ2) is 9.50. The molecule has 8 heteroatoms. The summed E-state index contributed by atoms with van der Waals surface area (Å²) in [7, 11) is 0. The van der Waals surface area contributed by atoms with Gasteiger partial charge in [0.25, 0.3) is 0 Å². The van der Waals surface area contributed by atoms with E-state index in [2.05, 4.69) is 15.3 Å². The maximum absolute atomic E-state index is 12.1. The normalized spacial score (nSPS) is 19.0. The summed E-state index contributed by atoms with van der Waals surface area (Å²) in [6.45, 7) is 0.295. The zero-order valence-electron chi connectivity index (χ0n) is 15.3. The molecule has 0 amide bonds. The highest BCUT2D eigenvalue weighted by Gasteiger charge is 2.25. The average Bonchev–Trinajstić information content (AvgIpc) is 2.68. The Hall–Kier alpha value is -2.67. The van der Waals surface area contributed by atoms with Gasteiger partial charge in [-0.3, -0.25) is 4.79 Å². The quantitative estimate of drug-likeness (QED) is 0.533. The lowest BCUT2D eigenvalue weighted by Crippen LogP contribution is -2.28. The van der Waals surface area contributed by atoms with E-state index in [9.17, 15) is 14.7 Å². The third-order valence-electron chi connectivity index (χ3n) is 4.88. The van der Waals surface area contributed by atoms with Gasteiger partial charge in [0.15, 0.2) is 0 Å². The fourth-order valence-corrected chi connectivity index (χ4v) is 3.50. The highest BCUT2D eigenvalue weighted by molar-refractivity contribution is 6.28. The molecule has 0 aliphatic heterocycles. The predicted octanol–water partition coefficient (Wildman–Crippen LogP) is 3.93. The highest BCUT2D eigenvalue weighted by atomic mass is 35.5. The van der Waals surface area contributed by atoms with E-state index in [1.54, 1.807) is 0 Å². The molecule has 1 aliphatic rings. The SMILES string of the molecule is O=C(CC1CCC(Nc2nc(Cl)ncc2C(=O)O)CC1)OCc1ccccc1. The summed E-state index contributed by atoms with van der Waals surface area (Å²) < 4.78 is 5.36. The van der Waals surface area contributed by atoms with Gasteiger partial charge in [0, 0.05) is 18.7 Å². The minimum absolute atomic E-state index is 0.00217. The molecule has 0 spiro atoms. The molecule has 1 aromatic carbocycles. The molecule has 1 fully saturated rings. The lowest BCUT2D eigenvalue weighted by atomic mass is 9.84. The molecule has 0 saturated heterocycles. The van der Waals surface area contributed by atoms with Crippen molar-refractivity contribution in [3.8, 4) is 0 Å².